The molecule has 0 aromatic heterocycles. The Morgan fingerprint density at radius 2 is 1.86 bits per heavy atom. The van der Waals surface area contributed by atoms with Gasteiger partial charge in [0.25, 0.3) is 0 Å². The van der Waals surface area contributed by atoms with Crippen molar-refractivity contribution in [3.8, 4) is 11.5 Å². The summed E-state index contributed by atoms with van der Waals surface area (Å²) in [5.74, 6) is 1.11. The minimum atomic E-state index is 0.239. The number of para-hydroxylation sites is 1. The highest BCUT2D eigenvalue weighted by Gasteiger charge is 2.10. The van der Waals surface area contributed by atoms with Crippen molar-refractivity contribution in [2.45, 2.75) is 6.61 Å². The van der Waals surface area contributed by atoms with E-state index in [2.05, 4.69) is 0 Å². The quantitative estimate of drug-likeness (QED) is 0.827. The van der Waals surface area contributed by atoms with E-state index in [0.717, 1.165) is 11.1 Å². The molecule has 6 heteroatoms. The maximum Gasteiger partial charge on any atom is 0.156 e. The van der Waals surface area contributed by atoms with Crippen molar-refractivity contribution in [1.82, 2.24) is 0 Å². The summed E-state index contributed by atoms with van der Waals surface area (Å²) < 4.78 is 11.0. The number of nitrogens with two attached hydrogens (primary N) is 1. The molecule has 0 spiro atoms. The Kier molecular flexibility index (Phi) is 5.28. The van der Waals surface area contributed by atoms with Crippen LogP contribution in [0.5, 0.6) is 11.5 Å². The van der Waals surface area contributed by atoms with Gasteiger partial charge in [-0.2, -0.15) is 0 Å². The van der Waals surface area contributed by atoms with Gasteiger partial charge in [-0.25, -0.2) is 0 Å². The lowest BCUT2D eigenvalue weighted by molar-refractivity contribution is 0.297. The van der Waals surface area contributed by atoms with Crippen LogP contribution in [0.4, 0.5) is 0 Å². The van der Waals surface area contributed by atoms with Crippen LogP contribution in [0.25, 0.3) is 0 Å². The Balaban J connectivity index is 2.26. The maximum absolute atomic E-state index is 6.07. The SMILES string of the molecule is COc1ccc(C(N)=S)cc1COc1c(Cl)cccc1Cl. The lowest BCUT2D eigenvalue weighted by Gasteiger charge is -2.13. The first-order valence-electron chi connectivity index (χ1n) is 6.06. The van der Waals surface area contributed by atoms with Gasteiger partial charge in [0.2, 0.25) is 0 Å². The van der Waals surface area contributed by atoms with Gasteiger partial charge in [-0.05, 0) is 30.3 Å². The number of halogens is 2. The van der Waals surface area contributed by atoms with Gasteiger partial charge in [0, 0.05) is 11.1 Å². The molecule has 0 saturated heterocycles. The van der Waals surface area contributed by atoms with Gasteiger partial charge >= 0.3 is 0 Å². The molecule has 3 nitrogen and oxygen atoms in total. The van der Waals surface area contributed by atoms with Gasteiger partial charge in [-0.15, -0.1) is 0 Å². The second-order valence-electron chi connectivity index (χ2n) is 4.23. The number of hydrogen-bond donors (Lipinski definition) is 1. The summed E-state index contributed by atoms with van der Waals surface area (Å²) in [6.45, 7) is 0.239. The van der Waals surface area contributed by atoms with Crippen molar-refractivity contribution in [2.24, 2.45) is 5.73 Å². The lowest BCUT2D eigenvalue weighted by atomic mass is 10.1. The second kappa shape index (κ2) is 6.98. The second-order valence-corrected chi connectivity index (χ2v) is 5.48. The molecular weight excluding hydrogens is 329 g/mol. The zero-order chi connectivity index (χ0) is 15.4. The highest BCUT2D eigenvalue weighted by molar-refractivity contribution is 7.80. The minimum absolute atomic E-state index is 0.239. The number of methoxy groups -OCH3 is 1. The van der Waals surface area contributed by atoms with Gasteiger partial charge in [-0.1, -0.05) is 41.5 Å². The summed E-state index contributed by atoms with van der Waals surface area (Å²) in [4.78, 5) is 0.315. The number of hydrogen-bond acceptors (Lipinski definition) is 3. The van der Waals surface area contributed by atoms with Crippen LogP contribution in [0, 0.1) is 0 Å². The van der Waals surface area contributed by atoms with E-state index in [1.165, 1.54) is 0 Å². The van der Waals surface area contributed by atoms with E-state index in [1.807, 2.05) is 6.07 Å². The standard InChI is InChI=1S/C15H13Cl2NO2S/c1-19-13-6-5-9(15(18)21)7-10(13)8-20-14-11(16)3-2-4-12(14)17/h2-7H,8H2,1H3,(H2,18,21). The molecule has 0 saturated carbocycles. The average molecular weight is 342 g/mol. The van der Waals surface area contributed by atoms with Crippen LogP contribution in [0.2, 0.25) is 10.0 Å². The molecule has 2 rings (SSSR count). The largest absolute Gasteiger partial charge is 0.496 e. The maximum atomic E-state index is 6.07. The molecule has 2 N–H and O–H groups in total. The van der Waals surface area contributed by atoms with Crippen molar-refractivity contribution in [3.63, 3.8) is 0 Å². The Morgan fingerprint density at radius 1 is 1.19 bits per heavy atom. The van der Waals surface area contributed by atoms with Crippen LogP contribution in [0.3, 0.4) is 0 Å². The van der Waals surface area contributed by atoms with Crippen LogP contribution in [-0.4, -0.2) is 12.1 Å². The van der Waals surface area contributed by atoms with Crippen LogP contribution < -0.4 is 15.2 Å². The number of rotatable bonds is 5. The molecule has 0 aliphatic carbocycles. The normalized spacial score (nSPS) is 10.2. The molecule has 110 valence electrons. The Morgan fingerprint density at radius 3 is 2.43 bits per heavy atom. The third kappa shape index (κ3) is 3.79. The van der Waals surface area contributed by atoms with Crippen molar-refractivity contribution < 1.29 is 9.47 Å². The molecule has 0 aliphatic rings. The summed E-state index contributed by atoms with van der Waals surface area (Å²) >= 11 is 17.1. The van der Waals surface area contributed by atoms with E-state index in [9.17, 15) is 0 Å². The fraction of sp³-hybridized carbons (Fsp3) is 0.133. The van der Waals surface area contributed by atoms with E-state index in [1.54, 1.807) is 37.4 Å². The Bertz CT molecular complexity index is 656. The van der Waals surface area contributed by atoms with E-state index < -0.39 is 0 Å². The summed E-state index contributed by atoms with van der Waals surface area (Å²) in [6, 6.07) is 10.6. The van der Waals surface area contributed by atoms with Crippen LogP contribution in [0.15, 0.2) is 36.4 Å². The number of ether oxygens (including phenoxy) is 2. The van der Waals surface area contributed by atoms with Gasteiger partial charge in [0.15, 0.2) is 5.75 Å². The molecule has 0 amide bonds. The Labute approximate surface area is 138 Å². The van der Waals surface area contributed by atoms with E-state index >= 15 is 0 Å². The van der Waals surface area contributed by atoms with Crippen LogP contribution in [-0.2, 0) is 6.61 Å². The Hall–Kier alpha value is -1.49. The van der Waals surface area contributed by atoms with Gasteiger partial charge < -0.3 is 15.2 Å². The minimum Gasteiger partial charge on any atom is -0.496 e. The summed E-state index contributed by atoms with van der Waals surface area (Å²) in [5.41, 5.74) is 7.19. The van der Waals surface area contributed by atoms with Crippen LogP contribution >= 0.6 is 35.4 Å². The fourth-order valence-corrected chi connectivity index (χ4v) is 2.45. The monoisotopic (exact) mass is 341 g/mol. The third-order valence-corrected chi connectivity index (χ3v) is 3.69. The zero-order valence-electron chi connectivity index (χ0n) is 11.2. The molecular formula is C15H13Cl2NO2S. The third-order valence-electron chi connectivity index (χ3n) is 2.86. The molecule has 0 radical (unpaired) electrons. The summed E-state index contributed by atoms with van der Waals surface area (Å²) in [7, 11) is 1.59. The lowest BCUT2D eigenvalue weighted by Crippen LogP contribution is -2.10. The zero-order valence-corrected chi connectivity index (χ0v) is 13.6. The van der Waals surface area contributed by atoms with Crippen molar-refractivity contribution in [1.29, 1.82) is 0 Å². The first-order valence-corrected chi connectivity index (χ1v) is 7.23. The van der Waals surface area contributed by atoms with Crippen LogP contribution in [0.1, 0.15) is 11.1 Å². The highest BCUT2D eigenvalue weighted by atomic mass is 35.5. The van der Waals surface area contributed by atoms with Gasteiger partial charge in [0.1, 0.15) is 17.3 Å². The molecule has 0 heterocycles. The number of thiocarbonyl (C=S) groups is 1. The van der Waals surface area contributed by atoms with E-state index in [4.69, 9.17) is 50.6 Å². The number of benzene rings is 2. The van der Waals surface area contributed by atoms with E-state index in [-0.39, 0.29) is 6.61 Å². The van der Waals surface area contributed by atoms with Gasteiger partial charge in [-0.3, -0.25) is 0 Å². The topological polar surface area (TPSA) is 44.5 Å². The van der Waals surface area contributed by atoms with Crippen molar-refractivity contribution >= 4 is 40.4 Å². The molecule has 0 aliphatic heterocycles. The molecule has 0 atom stereocenters. The predicted octanol–water partition coefficient (Wildman–Crippen LogP) is 4.22. The first-order chi connectivity index (χ1) is 10.0. The average Bonchev–Trinajstić information content (AvgIpc) is 2.46. The predicted molar refractivity (Wildman–Crippen MR) is 89.7 cm³/mol. The highest BCUT2D eigenvalue weighted by Crippen LogP contribution is 2.33. The molecule has 0 unspecified atom stereocenters. The molecule has 2 aromatic carbocycles. The molecule has 0 fully saturated rings. The van der Waals surface area contributed by atoms with Crippen molar-refractivity contribution in [2.75, 3.05) is 7.11 Å². The van der Waals surface area contributed by atoms with Crippen molar-refractivity contribution in [3.05, 3.63) is 57.6 Å². The molecule has 2 aromatic rings. The summed E-state index contributed by atoms with van der Waals surface area (Å²) in [6.07, 6.45) is 0. The van der Waals surface area contributed by atoms with Gasteiger partial charge in [0.05, 0.1) is 17.2 Å². The fourth-order valence-electron chi connectivity index (χ4n) is 1.81. The smallest absolute Gasteiger partial charge is 0.156 e. The van der Waals surface area contributed by atoms with E-state index in [0.29, 0.717) is 26.5 Å². The summed E-state index contributed by atoms with van der Waals surface area (Å²) in [5, 5.41) is 0.902. The molecule has 21 heavy (non-hydrogen) atoms. The first kappa shape index (κ1) is 15.9. The molecule has 0 bridgehead atoms.